The minimum atomic E-state index is -3.63. The summed E-state index contributed by atoms with van der Waals surface area (Å²) in [4.78, 5) is 4.96. The topological polar surface area (TPSA) is 59.5 Å². The van der Waals surface area contributed by atoms with Crippen LogP contribution in [-0.2, 0) is 21.3 Å². The van der Waals surface area contributed by atoms with Gasteiger partial charge in [-0.05, 0) is 18.4 Å². The van der Waals surface area contributed by atoms with Crippen LogP contribution in [0, 0.1) is 6.92 Å². The van der Waals surface area contributed by atoms with E-state index in [0.717, 1.165) is 16.2 Å². The van der Waals surface area contributed by atoms with Gasteiger partial charge in [0.05, 0.1) is 12.3 Å². The zero-order valence-corrected chi connectivity index (χ0v) is 14.8. The lowest BCUT2D eigenvalue weighted by atomic mass is 10.4. The first kappa shape index (κ1) is 16.9. The van der Waals surface area contributed by atoms with Crippen molar-refractivity contribution in [3.05, 3.63) is 32.6 Å². The zero-order valence-electron chi connectivity index (χ0n) is 11.6. The molecule has 0 saturated carbocycles. The molecule has 0 spiro atoms. The first-order valence-corrected chi connectivity index (χ1v) is 9.61. The van der Waals surface area contributed by atoms with Crippen LogP contribution >= 0.6 is 34.3 Å². The van der Waals surface area contributed by atoms with Crippen molar-refractivity contribution in [2.45, 2.75) is 17.7 Å². The summed E-state index contributed by atoms with van der Waals surface area (Å²) in [7, 11) is -2.08. The Hall–Kier alpha value is -0.510. The summed E-state index contributed by atoms with van der Waals surface area (Å²) >= 11 is 8.33. The SMILES string of the molecule is COCCN(Cc1cccs1)S(=O)(=O)c1sc(Cl)nc1C. The molecule has 0 aromatic carbocycles. The van der Waals surface area contributed by atoms with E-state index in [1.807, 2.05) is 17.5 Å². The second-order valence-electron chi connectivity index (χ2n) is 4.25. The van der Waals surface area contributed by atoms with Crippen LogP contribution < -0.4 is 0 Å². The Labute approximate surface area is 137 Å². The fourth-order valence-electron chi connectivity index (χ4n) is 1.76. The smallest absolute Gasteiger partial charge is 0.254 e. The Kier molecular flexibility index (Phi) is 5.75. The third-order valence-corrected chi connectivity index (χ3v) is 7.31. The van der Waals surface area contributed by atoms with Gasteiger partial charge in [0.2, 0.25) is 0 Å². The molecule has 2 aromatic rings. The standard InChI is InChI=1S/C12H15ClN2O3S3/c1-9-11(20-12(13)14-9)21(16,17)15(5-6-18-2)8-10-4-3-7-19-10/h3-4,7H,5-6,8H2,1-2H3. The lowest BCUT2D eigenvalue weighted by molar-refractivity contribution is 0.178. The maximum atomic E-state index is 12.8. The summed E-state index contributed by atoms with van der Waals surface area (Å²) < 4.78 is 32.4. The van der Waals surface area contributed by atoms with Crippen LogP contribution in [-0.4, -0.2) is 38.0 Å². The van der Waals surface area contributed by atoms with Crippen molar-refractivity contribution in [1.29, 1.82) is 0 Å². The number of aryl methyl sites for hydroxylation is 1. The van der Waals surface area contributed by atoms with Crippen LogP contribution in [0.2, 0.25) is 4.47 Å². The quantitative estimate of drug-likeness (QED) is 0.755. The highest BCUT2D eigenvalue weighted by Crippen LogP contribution is 2.30. The number of aromatic nitrogens is 1. The minimum Gasteiger partial charge on any atom is -0.383 e. The molecule has 116 valence electrons. The molecule has 0 atom stereocenters. The molecule has 0 N–H and O–H groups in total. The van der Waals surface area contributed by atoms with Crippen molar-refractivity contribution in [1.82, 2.24) is 9.29 Å². The molecule has 0 bridgehead atoms. The monoisotopic (exact) mass is 366 g/mol. The van der Waals surface area contributed by atoms with Gasteiger partial charge in [0.1, 0.15) is 0 Å². The number of nitrogens with zero attached hydrogens (tertiary/aromatic N) is 2. The van der Waals surface area contributed by atoms with Crippen LogP contribution in [0.15, 0.2) is 21.7 Å². The van der Waals surface area contributed by atoms with Gasteiger partial charge in [-0.3, -0.25) is 0 Å². The largest absolute Gasteiger partial charge is 0.383 e. The Bertz CT molecular complexity index is 683. The Balaban J connectivity index is 2.32. The predicted molar refractivity (Wildman–Crippen MR) is 85.7 cm³/mol. The fraction of sp³-hybridized carbons (Fsp3) is 0.417. The summed E-state index contributed by atoms with van der Waals surface area (Å²) in [6, 6.07) is 3.81. The Morgan fingerprint density at radius 3 is 2.76 bits per heavy atom. The molecule has 2 rings (SSSR count). The van der Waals surface area contributed by atoms with Crippen molar-refractivity contribution in [3.63, 3.8) is 0 Å². The molecule has 0 fully saturated rings. The number of thiophene rings is 1. The maximum Gasteiger partial charge on any atom is 0.254 e. The molecule has 0 aliphatic heterocycles. The van der Waals surface area contributed by atoms with Crippen molar-refractivity contribution in [3.8, 4) is 0 Å². The molecule has 2 aromatic heterocycles. The van der Waals surface area contributed by atoms with E-state index < -0.39 is 10.0 Å². The molecule has 9 heteroatoms. The lowest BCUT2D eigenvalue weighted by Gasteiger charge is -2.20. The number of ether oxygens (including phenoxy) is 1. The Morgan fingerprint density at radius 2 is 2.24 bits per heavy atom. The van der Waals surface area contributed by atoms with Gasteiger partial charge >= 0.3 is 0 Å². The third-order valence-electron chi connectivity index (χ3n) is 2.76. The van der Waals surface area contributed by atoms with Gasteiger partial charge in [0.15, 0.2) is 8.68 Å². The minimum absolute atomic E-state index is 0.195. The predicted octanol–water partition coefficient (Wildman–Crippen LogP) is 3.00. The van der Waals surface area contributed by atoms with E-state index in [4.69, 9.17) is 16.3 Å². The highest BCUT2D eigenvalue weighted by molar-refractivity contribution is 7.91. The van der Waals surface area contributed by atoms with E-state index in [0.29, 0.717) is 18.8 Å². The lowest BCUT2D eigenvalue weighted by Crippen LogP contribution is -2.33. The molecular weight excluding hydrogens is 352 g/mol. The highest BCUT2D eigenvalue weighted by Gasteiger charge is 2.29. The van der Waals surface area contributed by atoms with Crippen LogP contribution in [0.3, 0.4) is 0 Å². The van der Waals surface area contributed by atoms with Crippen molar-refractivity contribution < 1.29 is 13.2 Å². The van der Waals surface area contributed by atoms with Crippen molar-refractivity contribution in [2.75, 3.05) is 20.3 Å². The van der Waals surface area contributed by atoms with Crippen LogP contribution in [0.1, 0.15) is 10.6 Å². The number of thiazole rings is 1. The van der Waals surface area contributed by atoms with Gasteiger partial charge < -0.3 is 4.74 Å². The number of hydrogen-bond acceptors (Lipinski definition) is 6. The van der Waals surface area contributed by atoms with E-state index in [-0.39, 0.29) is 15.2 Å². The molecule has 2 heterocycles. The van der Waals surface area contributed by atoms with Crippen molar-refractivity contribution in [2.24, 2.45) is 0 Å². The second kappa shape index (κ2) is 7.17. The average Bonchev–Trinajstić information content (AvgIpc) is 3.04. The molecule has 0 amide bonds. The van der Waals surface area contributed by atoms with E-state index >= 15 is 0 Å². The van der Waals surface area contributed by atoms with Gasteiger partial charge in [-0.25, -0.2) is 13.4 Å². The second-order valence-corrected chi connectivity index (χ2v) is 9.00. The number of halogens is 1. The normalized spacial score (nSPS) is 12.2. The molecule has 0 saturated heterocycles. The van der Waals surface area contributed by atoms with Gasteiger partial charge in [0, 0.05) is 25.1 Å². The molecule has 0 unspecified atom stereocenters. The van der Waals surface area contributed by atoms with Gasteiger partial charge in [-0.15, -0.1) is 11.3 Å². The molecule has 0 radical (unpaired) electrons. The molecule has 21 heavy (non-hydrogen) atoms. The van der Waals surface area contributed by atoms with Gasteiger partial charge in [-0.1, -0.05) is 29.0 Å². The van der Waals surface area contributed by atoms with Crippen LogP contribution in [0.5, 0.6) is 0 Å². The number of hydrogen-bond donors (Lipinski definition) is 0. The first-order valence-electron chi connectivity index (χ1n) is 6.09. The summed E-state index contributed by atoms with van der Waals surface area (Å²) in [6.45, 7) is 2.58. The van der Waals surface area contributed by atoms with E-state index in [2.05, 4.69) is 4.98 Å². The van der Waals surface area contributed by atoms with E-state index in [9.17, 15) is 8.42 Å². The number of methoxy groups -OCH3 is 1. The first-order chi connectivity index (χ1) is 9.95. The Morgan fingerprint density at radius 1 is 1.48 bits per heavy atom. The molecule has 5 nitrogen and oxygen atoms in total. The van der Waals surface area contributed by atoms with Gasteiger partial charge in [0.25, 0.3) is 10.0 Å². The van der Waals surface area contributed by atoms with E-state index in [1.165, 1.54) is 15.6 Å². The number of sulfonamides is 1. The fourth-order valence-corrected chi connectivity index (χ4v) is 5.84. The van der Waals surface area contributed by atoms with Gasteiger partial charge in [-0.2, -0.15) is 4.31 Å². The van der Waals surface area contributed by atoms with Crippen LogP contribution in [0.4, 0.5) is 0 Å². The molecule has 0 aliphatic rings. The van der Waals surface area contributed by atoms with E-state index in [1.54, 1.807) is 14.0 Å². The highest BCUT2D eigenvalue weighted by atomic mass is 35.5. The molecule has 0 aliphatic carbocycles. The third kappa shape index (κ3) is 4.02. The zero-order chi connectivity index (χ0) is 15.5. The summed E-state index contributed by atoms with van der Waals surface area (Å²) in [5.41, 5.74) is 0.429. The average molecular weight is 367 g/mol. The number of rotatable bonds is 7. The summed E-state index contributed by atoms with van der Waals surface area (Å²) in [6.07, 6.45) is 0. The maximum absolute atomic E-state index is 12.8. The summed E-state index contributed by atoms with van der Waals surface area (Å²) in [5, 5.41) is 1.92. The summed E-state index contributed by atoms with van der Waals surface area (Å²) in [5.74, 6) is 0. The van der Waals surface area contributed by atoms with Crippen molar-refractivity contribution >= 4 is 44.3 Å². The van der Waals surface area contributed by atoms with Crippen LogP contribution in [0.25, 0.3) is 0 Å². The molecular formula is C12H15ClN2O3S3.